The number of rotatable bonds is 4. The molecule has 8 heteroatoms. The van der Waals surface area contributed by atoms with Gasteiger partial charge < -0.3 is 15.5 Å². The molecule has 33 heavy (non-hydrogen) atoms. The van der Waals surface area contributed by atoms with E-state index >= 15 is 0 Å². The number of non-ortho nitro benzene ring substituents is 1. The van der Waals surface area contributed by atoms with Crippen molar-refractivity contribution < 1.29 is 9.72 Å². The molecule has 0 saturated carbocycles. The maximum absolute atomic E-state index is 13.6. The monoisotopic (exact) mass is 462 g/mol. The quantitative estimate of drug-likeness (QED) is 0.277. The van der Waals surface area contributed by atoms with E-state index in [9.17, 15) is 14.9 Å². The first kappa shape index (κ1) is 22.7. The summed E-state index contributed by atoms with van der Waals surface area (Å²) in [5.41, 5.74) is 3.42. The standard InChI is InChI=1S/C25H26N4O3S/c1-4-12-26-24(33)28-20-11-6-5-10-18(20)27-19-14-25(2,3)15-21(30)22(19)23(28)16-8-7-9-17(13-16)29(31)32/h4-11,13,23,27H,1,12,14-15H2,2-3H3,(H,26,33)/t23-/m1/s1. The van der Waals surface area contributed by atoms with Gasteiger partial charge in [0.1, 0.15) is 0 Å². The number of allylic oxidation sites excluding steroid dienone is 1. The number of Topliss-reactive ketones (excluding diaryl/α,β-unsaturated/α-hetero) is 1. The summed E-state index contributed by atoms with van der Waals surface area (Å²) in [5, 5.41) is 18.6. The summed E-state index contributed by atoms with van der Waals surface area (Å²) in [6, 6.07) is 13.5. The average Bonchev–Trinajstić information content (AvgIpc) is 2.91. The van der Waals surface area contributed by atoms with Gasteiger partial charge in [-0.2, -0.15) is 0 Å². The Labute approximate surface area is 198 Å². The van der Waals surface area contributed by atoms with E-state index in [1.807, 2.05) is 35.2 Å². The Hall–Kier alpha value is -3.52. The van der Waals surface area contributed by atoms with Crippen LogP contribution in [0.1, 0.15) is 38.3 Å². The molecule has 2 aromatic rings. The molecule has 0 aromatic heterocycles. The fourth-order valence-corrected chi connectivity index (χ4v) is 4.87. The molecule has 0 bridgehead atoms. The minimum Gasteiger partial charge on any atom is -0.359 e. The second-order valence-corrected chi connectivity index (χ2v) is 9.46. The molecule has 0 spiro atoms. The van der Waals surface area contributed by atoms with E-state index in [1.165, 1.54) is 12.1 Å². The van der Waals surface area contributed by atoms with Crippen molar-refractivity contribution in [3.63, 3.8) is 0 Å². The van der Waals surface area contributed by atoms with Crippen LogP contribution in [0.3, 0.4) is 0 Å². The molecular weight excluding hydrogens is 436 g/mol. The molecule has 2 aliphatic rings. The summed E-state index contributed by atoms with van der Waals surface area (Å²) in [7, 11) is 0. The van der Waals surface area contributed by atoms with Crippen LogP contribution >= 0.6 is 12.2 Å². The normalized spacial score (nSPS) is 19.0. The highest BCUT2D eigenvalue weighted by Crippen LogP contribution is 2.48. The third kappa shape index (κ3) is 4.39. The summed E-state index contributed by atoms with van der Waals surface area (Å²) in [4.78, 5) is 26.6. The third-order valence-electron chi connectivity index (χ3n) is 5.91. The number of para-hydroxylation sites is 2. The Bertz CT molecular complexity index is 1190. The van der Waals surface area contributed by atoms with E-state index in [2.05, 4.69) is 31.1 Å². The number of nitrogens with one attached hydrogen (secondary N) is 2. The Kier molecular flexibility index (Phi) is 6.03. The highest BCUT2D eigenvalue weighted by molar-refractivity contribution is 7.80. The molecule has 0 saturated heterocycles. The van der Waals surface area contributed by atoms with Crippen LogP contribution in [0.25, 0.3) is 0 Å². The Morgan fingerprint density at radius 3 is 2.79 bits per heavy atom. The van der Waals surface area contributed by atoms with Crippen LogP contribution in [0, 0.1) is 15.5 Å². The highest BCUT2D eigenvalue weighted by Gasteiger charge is 2.42. The minimum atomic E-state index is -0.621. The van der Waals surface area contributed by atoms with Crippen LogP contribution in [0.5, 0.6) is 0 Å². The number of hydrogen-bond donors (Lipinski definition) is 2. The lowest BCUT2D eigenvalue weighted by Gasteiger charge is -2.38. The van der Waals surface area contributed by atoms with E-state index < -0.39 is 11.0 Å². The molecule has 2 aromatic carbocycles. The maximum atomic E-state index is 13.6. The number of ketones is 1. The number of carbonyl (C=O) groups is 1. The number of nitro benzene ring substituents is 1. The molecule has 7 nitrogen and oxygen atoms in total. The fraction of sp³-hybridized carbons (Fsp3) is 0.280. The van der Waals surface area contributed by atoms with E-state index in [1.54, 1.807) is 12.1 Å². The Morgan fingerprint density at radius 2 is 2.06 bits per heavy atom. The van der Waals surface area contributed by atoms with Crippen LogP contribution < -0.4 is 15.5 Å². The van der Waals surface area contributed by atoms with Gasteiger partial charge in [-0.3, -0.25) is 14.9 Å². The predicted octanol–water partition coefficient (Wildman–Crippen LogP) is 5.27. The van der Waals surface area contributed by atoms with Gasteiger partial charge in [-0.15, -0.1) is 6.58 Å². The molecule has 2 N–H and O–H groups in total. The first-order valence-electron chi connectivity index (χ1n) is 10.8. The van der Waals surface area contributed by atoms with Gasteiger partial charge in [-0.25, -0.2) is 0 Å². The number of thiocarbonyl (C=S) groups is 1. The first-order valence-corrected chi connectivity index (χ1v) is 11.2. The van der Waals surface area contributed by atoms with Crippen LogP contribution in [-0.2, 0) is 4.79 Å². The molecule has 0 unspecified atom stereocenters. The van der Waals surface area contributed by atoms with Crippen LogP contribution in [0.15, 0.2) is 72.5 Å². The van der Waals surface area contributed by atoms with Crippen molar-refractivity contribution in [3.05, 3.63) is 88.1 Å². The van der Waals surface area contributed by atoms with Gasteiger partial charge in [0.2, 0.25) is 0 Å². The zero-order chi connectivity index (χ0) is 23.8. The zero-order valence-electron chi connectivity index (χ0n) is 18.6. The SMILES string of the molecule is C=CCNC(=S)N1c2ccccc2NC2=C(C(=O)CC(C)(C)C2)[C@H]1c1cccc([N+](=O)[O-])c1. The van der Waals surface area contributed by atoms with Gasteiger partial charge in [0, 0.05) is 36.4 Å². The molecule has 1 atom stereocenters. The number of nitrogens with zero attached hydrogens (tertiary/aromatic N) is 2. The molecule has 0 amide bonds. The van der Waals surface area contributed by atoms with Crippen molar-refractivity contribution in [2.75, 3.05) is 16.8 Å². The minimum absolute atomic E-state index is 0.00887. The Morgan fingerprint density at radius 1 is 1.30 bits per heavy atom. The van der Waals surface area contributed by atoms with Gasteiger partial charge in [0.25, 0.3) is 5.69 Å². The van der Waals surface area contributed by atoms with E-state index in [4.69, 9.17) is 12.2 Å². The zero-order valence-corrected chi connectivity index (χ0v) is 19.4. The molecule has 1 heterocycles. The lowest BCUT2D eigenvalue weighted by atomic mass is 9.73. The van der Waals surface area contributed by atoms with Gasteiger partial charge in [-0.1, -0.05) is 44.2 Å². The molecule has 4 rings (SSSR count). The number of benzene rings is 2. The van der Waals surface area contributed by atoms with E-state index in [0.29, 0.717) is 35.6 Å². The molecule has 1 aliphatic heterocycles. The highest BCUT2D eigenvalue weighted by atomic mass is 32.1. The van der Waals surface area contributed by atoms with Crippen LogP contribution in [0.4, 0.5) is 17.1 Å². The van der Waals surface area contributed by atoms with Crippen molar-refractivity contribution in [1.82, 2.24) is 5.32 Å². The van der Waals surface area contributed by atoms with E-state index in [0.717, 1.165) is 17.1 Å². The summed E-state index contributed by atoms with van der Waals surface area (Å²) >= 11 is 5.79. The van der Waals surface area contributed by atoms with Gasteiger partial charge in [0.05, 0.1) is 22.3 Å². The number of fused-ring (bicyclic) bond motifs is 1. The predicted molar refractivity (Wildman–Crippen MR) is 134 cm³/mol. The number of anilines is 2. The van der Waals surface area contributed by atoms with Gasteiger partial charge in [-0.05, 0) is 41.7 Å². The summed E-state index contributed by atoms with van der Waals surface area (Å²) < 4.78 is 0. The van der Waals surface area contributed by atoms with E-state index in [-0.39, 0.29) is 16.9 Å². The van der Waals surface area contributed by atoms with Crippen molar-refractivity contribution in [3.8, 4) is 0 Å². The molecule has 1 aliphatic carbocycles. The second-order valence-electron chi connectivity index (χ2n) is 9.07. The molecular formula is C25H26N4O3S. The first-order chi connectivity index (χ1) is 15.7. The number of nitro groups is 1. The summed E-state index contributed by atoms with van der Waals surface area (Å²) in [5.74, 6) is 0.00887. The van der Waals surface area contributed by atoms with Crippen molar-refractivity contribution in [2.24, 2.45) is 5.41 Å². The smallest absolute Gasteiger partial charge is 0.269 e. The van der Waals surface area contributed by atoms with Gasteiger partial charge >= 0.3 is 0 Å². The fourth-order valence-electron chi connectivity index (χ4n) is 4.58. The molecule has 0 fully saturated rings. The molecule has 170 valence electrons. The Balaban J connectivity index is 2.00. The summed E-state index contributed by atoms with van der Waals surface area (Å²) in [6.07, 6.45) is 2.76. The number of carbonyl (C=O) groups excluding carboxylic acids is 1. The average molecular weight is 463 g/mol. The third-order valence-corrected chi connectivity index (χ3v) is 6.25. The largest absolute Gasteiger partial charge is 0.359 e. The lowest BCUT2D eigenvalue weighted by molar-refractivity contribution is -0.384. The van der Waals surface area contributed by atoms with Crippen LogP contribution in [-0.4, -0.2) is 22.4 Å². The van der Waals surface area contributed by atoms with Crippen molar-refractivity contribution in [1.29, 1.82) is 0 Å². The second kappa shape index (κ2) is 8.78. The van der Waals surface area contributed by atoms with Crippen molar-refractivity contribution >= 4 is 40.2 Å². The number of hydrogen-bond acceptors (Lipinski definition) is 5. The maximum Gasteiger partial charge on any atom is 0.269 e. The summed E-state index contributed by atoms with van der Waals surface area (Å²) in [6.45, 7) is 8.34. The molecule has 0 radical (unpaired) electrons. The van der Waals surface area contributed by atoms with Crippen molar-refractivity contribution in [2.45, 2.75) is 32.7 Å². The van der Waals surface area contributed by atoms with Crippen LogP contribution in [0.2, 0.25) is 0 Å². The lowest BCUT2D eigenvalue weighted by Crippen LogP contribution is -2.44. The topological polar surface area (TPSA) is 87.5 Å². The van der Waals surface area contributed by atoms with Gasteiger partial charge in [0.15, 0.2) is 10.9 Å².